The van der Waals surface area contributed by atoms with Gasteiger partial charge in [0.05, 0.1) is 7.11 Å². The number of methoxy groups -OCH3 is 1. The van der Waals surface area contributed by atoms with Gasteiger partial charge in [0.2, 0.25) is 5.91 Å². The Hall–Kier alpha value is -3.02. The molecule has 6 heteroatoms. The Morgan fingerprint density at radius 3 is 2.43 bits per heavy atom. The fourth-order valence-corrected chi connectivity index (χ4v) is 4.12. The Bertz CT molecular complexity index is 982. The zero-order chi connectivity index (χ0) is 19.8. The Balaban J connectivity index is 1.70. The number of rotatable bonds is 3. The largest absolute Gasteiger partial charge is 0.497 e. The molecule has 0 unspecified atom stereocenters. The first-order valence-corrected chi connectivity index (χ1v) is 9.11. The Morgan fingerprint density at radius 1 is 1.00 bits per heavy atom. The monoisotopic (exact) mass is 383 g/mol. The van der Waals surface area contributed by atoms with E-state index in [0.29, 0.717) is 17.7 Å². The summed E-state index contributed by atoms with van der Waals surface area (Å²) < 4.78 is 32.8. The third-order valence-corrected chi connectivity index (χ3v) is 5.46. The molecule has 4 nitrogen and oxygen atoms in total. The van der Waals surface area contributed by atoms with Crippen molar-refractivity contribution in [1.29, 1.82) is 0 Å². The van der Waals surface area contributed by atoms with Gasteiger partial charge < -0.3 is 10.1 Å². The van der Waals surface area contributed by atoms with Crippen LogP contribution in [0.5, 0.6) is 5.75 Å². The van der Waals surface area contributed by atoms with E-state index in [1.807, 2.05) is 24.3 Å². The van der Waals surface area contributed by atoms with Crippen LogP contribution in [0.4, 0.5) is 8.78 Å². The first kappa shape index (κ1) is 18.3. The third kappa shape index (κ3) is 3.30. The molecule has 4 rings (SSSR count). The van der Waals surface area contributed by atoms with E-state index in [0.717, 1.165) is 23.4 Å². The fraction of sp³-hybridized carbons (Fsp3) is 0.273. The summed E-state index contributed by atoms with van der Waals surface area (Å²) in [7, 11) is 1.59. The van der Waals surface area contributed by atoms with Gasteiger partial charge in [-0.15, -0.1) is 0 Å². The molecule has 2 aliphatic rings. The van der Waals surface area contributed by atoms with Gasteiger partial charge >= 0.3 is 0 Å². The maximum atomic E-state index is 14.3. The van der Waals surface area contributed by atoms with Gasteiger partial charge in [-0.3, -0.25) is 9.59 Å². The lowest BCUT2D eigenvalue weighted by molar-refractivity contribution is -0.122. The summed E-state index contributed by atoms with van der Waals surface area (Å²) in [4.78, 5) is 25.2. The van der Waals surface area contributed by atoms with Gasteiger partial charge in [-0.05, 0) is 41.7 Å². The summed E-state index contributed by atoms with van der Waals surface area (Å²) in [6.45, 7) is 0. The number of halogens is 2. The SMILES string of the molecule is COc1ccc([C@H]2CC(=O)C3=C(C2)NC(=O)C[C@H]3c2ccc(F)cc2F)cc1. The van der Waals surface area contributed by atoms with Crippen molar-refractivity contribution in [2.45, 2.75) is 31.1 Å². The summed E-state index contributed by atoms with van der Waals surface area (Å²) in [5.41, 5.74) is 2.14. The highest BCUT2D eigenvalue weighted by Gasteiger charge is 2.39. The molecule has 0 fully saturated rings. The van der Waals surface area contributed by atoms with Gasteiger partial charge in [0.1, 0.15) is 17.4 Å². The van der Waals surface area contributed by atoms with Crippen LogP contribution in [0.2, 0.25) is 0 Å². The maximum absolute atomic E-state index is 14.3. The van der Waals surface area contributed by atoms with Crippen molar-refractivity contribution in [3.8, 4) is 5.75 Å². The van der Waals surface area contributed by atoms with Gasteiger partial charge in [-0.2, -0.15) is 0 Å². The van der Waals surface area contributed by atoms with Crippen LogP contribution in [0.3, 0.4) is 0 Å². The molecule has 2 aromatic rings. The van der Waals surface area contributed by atoms with Crippen molar-refractivity contribution < 1.29 is 23.1 Å². The van der Waals surface area contributed by atoms with Gasteiger partial charge in [0.25, 0.3) is 0 Å². The summed E-state index contributed by atoms with van der Waals surface area (Å²) in [5, 5.41) is 2.80. The molecule has 0 aromatic heterocycles. The summed E-state index contributed by atoms with van der Waals surface area (Å²) >= 11 is 0. The molecule has 2 atom stereocenters. The molecule has 0 saturated carbocycles. The molecule has 0 radical (unpaired) electrons. The highest BCUT2D eigenvalue weighted by Crippen LogP contribution is 2.43. The van der Waals surface area contributed by atoms with Crippen molar-refractivity contribution in [2.24, 2.45) is 0 Å². The van der Waals surface area contributed by atoms with E-state index in [1.165, 1.54) is 6.07 Å². The summed E-state index contributed by atoms with van der Waals surface area (Å²) in [6, 6.07) is 10.7. The number of hydrogen-bond acceptors (Lipinski definition) is 3. The molecule has 0 saturated heterocycles. The number of ketones is 1. The number of carbonyl (C=O) groups excluding carboxylic acids is 2. The van der Waals surface area contributed by atoms with Crippen molar-refractivity contribution in [3.05, 3.63) is 76.5 Å². The minimum absolute atomic E-state index is 0.0275. The van der Waals surface area contributed by atoms with E-state index < -0.39 is 17.6 Å². The quantitative estimate of drug-likeness (QED) is 0.872. The highest BCUT2D eigenvalue weighted by molar-refractivity contribution is 6.02. The van der Waals surface area contributed by atoms with Crippen LogP contribution < -0.4 is 10.1 Å². The van der Waals surface area contributed by atoms with E-state index in [2.05, 4.69) is 5.32 Å². The second-order valence-corrected chi connectivity index (χ2v) is 7.16. The van der Waals surface area contributed by atoms with E-state index in [-0.39, 0.29) is 36.0 Å². The average Bonchev–Trinajstić information content (AvgIpc) is 2.67. The van der Waals surface area contributed by atoms with Crippen molar-refractivity contribution in [3.63, 3.8) is 0 Å². The van der Waals surface area contributed by atoms with E-state index in [1.54, 1.807) is 7.11 Å². The fourth-order valence-electron chi connectivity index (χ4n) is 4.12. The average molecular weight is 383 g/mol. The van der Waals surface area contributed by atoms with E-state index in [4.69, 9.17) is 4.74 Å². The second kappa shape index (κ2) is 7.19. The zero-order valence-electron chi connectivity index (χ0n) is 15.3. The van der Waals surface area contributed by atoms with Crippen molar-refractivity contribution in [1.82, 2.24) is 5.32 Å². The summed E-state index contributed by atoms with van der Waals surface area (Å²) in [5.74, 6) is -1.85. The molecular weight excluding hydrogens is 364 g/mol. The molecule has 144 valence electrons. The van der Waals surface area contributed by atoms with Crippen LogP contribution in [0.25, 0.3) is 0 Å². The Kier molecular flexibility index (Phi) is 4.71. The molecule has 1 amide bonds. The first-order chi connectivity index (χ1) is 13.5. The molecule has 0 spiro atoms. The molecule has 1 aliphatic heterocycles. The van der Waals surface area contributed by atoms with Gasteiger partial charge in [0, 0.05) is 36.1 Å². The summed E-state index contributed by atoms with van der Waals surface area (Å²) in [6.07, 6.45) is 0.735. The van der Waals surface area contributed by atoms with Crippen LogP contribution in [0, 0.1) is 11.6 Å². The minimum Gasteiger partial charge on any atom is -0.497 e. The highest BCUT2D eigenvalue weighted by atomic mass is 19.1. The first-order valence-electron chi connectivity index (χ1n) is 9.11. The normalized spacial score (nSPS) is 22.0. The number of benzene rings is 2. The lowest BCUT2D eigenvalue weighted by Crippen LogP contribution is -2.38. The third-order valence-electron chi connectivity index (χ3n) is 5.46. The van der Waals surface area contributed by atoms with Crippen LogP contribution >= 0.6 is 0 Å². The minimum atomic E-state index is -0.739. The number of amides is 1. The Labute approximate surface area is 161 Å². The standard InChI is InChI=1S/C22H19F2NO3/c1-28-15-5-2-12(3-6-15)13-8-19-22(20(26)9-13)17(11-21(27)25-19)16-7-4-14(23)10-18(16)24/h2-7,10,13,17H,8-9,11H2,1H3,(H,25,27)/t13-,17+/m1/s1. The molecule has 28 heavy (non-hydrogen) atoms. The lowest BCUT2D eigenvalue weighted by atomic mass is 9.73. The van der Waals surface area contributed by atoms with E-state index >= 15 is 0 Å². The van der Waals surface area contributed by atoms with Crippen molar-refractivity contribution >= 4 is 11.7 Å². The number of ether oxygens (including phenoxy) is 1. The van der Waals surface area contributed by atoms with E-state index in [9.17, 15) is 18.4 Å². The number of carbonyl (C=O) groups is 2. The maximum Gasteiger partial charge on any atom is 0.225 e. The molecule has 1 heterocycles. The molecule has 0 bridgehead atoms. The molecule has 1 aliphatic carbocycles. The van der Waals surface area contributed by atoms with Gasteiger partial charge in [0.15, 0.2) is 5.78 Å². The van der Waals surface area contributed by atoms with Gasteiger partial charge in [-0.1, -0.05) is 18.2 Å². The van der Waals surface area contributed by atoms with Gasteiger partial charge in [-0.25, -0.2) is 8.78 Å². The molecule has 2 aromatic carbocycles. The lowest BCUT2D eigenvalue weighted by Gasteiger charge is -2.34. The van der Waals surface area contributed by atoms with Crippen molar-refractivity contribution in [2.75, 3.05) is 7.11 Å². The number of allylic oxidation sites excluding steroid dienone is 2. The predicted octanol–water partition coefficient (Wildman–Crippen LogP) is 3.98. The molecular formula is C22H19F2NO3. The van der Waals surface area contributed by atoms with Crippen LogP contribution in [0.1, 0.15) is 42.2 Å². The topological polar surface area (TPSA) is 55.4 Å². The van der Waals surface area contributed by atoms with Crippen LogP contribution in [-0.2, 0) is 9.59 Å². The smallest absolute Gasteiger partial charge is 0.225 e. The number of nitrogens with one attached hydrogen (secondary N) is 1. The number of Topliss-reactive ketones (excluding diaryl/α,β-unsaturated/α-hetero) is 1. The Morgan fingerprint density at radius 2 is 1.75 bits per heavy atom. The predicted molar refractivity (Wildman–Crippen MR) is 98.9 cm³/mol. The number of hydrogen-bond donors (Lipinski definition) is 1. The zero-order valence-corrected chi connectivity index (χ0v) is 15.3. The second-order valence-electron chi connectivity index (χ2n) is 7.16. The van der Waals surface area contributed by atoms with Crippen LogP contribution in [0.15, 0.2) is 53.7 Å². The molecule has 1 N–H and O–H groups in total. The van der Waals surface area contributed by atoms with Crippen LogP contribution in [-0.4, -0.2) is 18.8 Å².